The van der Waals surface area contributed by atoms with E-state index in [-0.39, 0.29) is 11.3 Å². The number of aryl methyl sites for hydroxylation is 1. The van der Waals surface area contributed by atoms with E-state index in [1.54, 1.807) is 13.0 Å². The molecule has 17 heavy (non-hydrogen) atoms. The van der Waals surface area contributed by atoms with E-state index in [2.05, 4.69) is 0 Å². The second-order valence-corrected chi connectivity index (χ2v) is 4.01. The largest absolute Gasteiger partial charge is 0.507 e. The Hall–Kier alpha value is -1.71. The summed E-state index contributed by atoms with van der Waals surface area (Å²) in [6.45, 7) is 3.69. The molecule has 0 aliphatic rings. The highest BCUT2D eigenvalue weighted by Crippen LogP contribution is 2.35. The molecule has 2 N–H and O–H groups in total. The second-order valence-electron chi connectivity index (χ2n) is 4.01. The Labute approximate surface area is 101 Å². The van der Waals surface area contributed by atoms with Crippen LogP contribution >= 0.6 is 0 Å². The van der Waals surface area contributed by atoms with E-state index in [4.69, 9.17) is 9.84 Å². The van der Waals surface area contributed by atoms with Crippen LogP contribution in [0.4, 0.5) is 0 Å². The number of aromatic carboxylic acids is 1. The summed E-state index contributed by atoms with van der Waals surface area (Å²) in [5.74, 6) is -0.721. The minimum Gasteiger partial charge on any atom is -0.507 e. The summed E-state index contributed by atoms with van der Waals surface area (Å²) >= 11 is 0. The van der Waals surface area contributed by atoms with E-state index in [9.17, 15) is 9.90 Å². The van der Waals surface area contributed by atoms with Gasteiger partial charge in [0.2, 0.25) is 0 Å². The van der Waals surface area contributed by atoms with Gasteiger partial charge in [0.05, 0.1) is 7.11 Å². The smallest absolute Gasteiger partial charge is 0.339 e. The summed E-state index contributed by atoms with van der Waals surface area (Å²) in [6, 6.07) is 1.66. The van der Waals surface area contributed by atoms with Gasteiger partial charge in [-0.3, -0.25) is 0 Å². The Morgan fingerprint density at radius 2 is 2.12 bits per heavy atom. The van der Waals surface area contributed by atoms with Crippen molar-refractivity contribution in [3.63, 3.8) is 0 Å². The maximum Gasteiger partial charge on any atom is 0.339 e. The molecule has 0 saturated heterocycles. The number of ether oxygens (including phenoxy) is 1. The number of methoxy groups -OCH3 is 1. The van der Waals surface area contributed by atoms with Gasteiger partial charge in [-0.25, -0.2) is 4.79 Å². The van der Waals surface area contributed by atoms with Crippen LogP contribution in [0.5, 0.6) is 11.5 Å². The van der Waals surface area contributed by atoms with Gasteiger partial charge in [-0.15, -0.1) is 0 Å². The lowest BCUT2D eigenvalue weighted by Gasteiger charge is -2.14. The van der Waals surface area contributed by atoms with Gasteiger partial charge >= 0.3 is 5.97 Å². The molecule has 4 nitrogen and oxygen atoms in total. The molecule has 0 fully saturated rings. The number of hydrogen-bond acceptors (Lipinski definition) is 3. The van der Waals surface area contributed by atoms with Crippen LogP contribution in [0.2, 0.25) is 0 Å². The fourth-order valence-electron chi connectivity index (χ4n) is 1.86. The maximum atomic E-state index is 11.1. The summed E-state index contributed by atoms with van der Waals surface area (Å²) in [6.07, 6.45) is 2.47. The highest BCUT2D eigenvalue weighted by molar-refractivity contribution is 5.93. The number of unbranched alkanes of at least 4 members (excludes halogenated alkanes) is 1. The van der Waals surface area contributed by atoms with Crippen molar-refractivity contribution in [1.29, 1.82) is 0 Å². The molecule has 0 unspecified atom stereocenters. The molecule has 0 radical (unpaired) electrons. The van der Waals surface area contributed by atoms with Crippen molar-refractivity contribution in [3.8, 4) is 11.5 Å². The number of rotatable bonds is 5. The van der Waals surface area contributed by atoms with Crippen molar-refractivity contribution in [3.05, 3.63) is 22.8 Å². The first kappa shape index (κ1) is 13.4. The Morgan fingerprint density at radius 1 is 1.47 bits per heavy atom. The zero-order valence-electron chi connectivity index (χ0n) is 10.4. The molecule has 1 rings (SSSR count). The third-order valence-electron chi connectivity index (χ3n) is 2.78. The Bertz CT molecular complexity index is 424. The van der Waals surface area contributed by atoms with E-state index in [1.165, 1.54) is 7.11 Å². The van der Waals surface area contributed by atoms with E-state index in [0.717, 1.165) is 12.8 Å². The number of hydrogen-bond donors (Lipinski definition) is 2. The number of carboxylic acid groups (broad SMARTS) is 1. The van der Waals surface area contributed by atoms with Crippen LogP contribution in [0.15, 0.2) is 6.07 Å². The fraction of sp³-hybridized carbons (Fsp3) is 0.462. The summed E-state index contributed by atoms with van der Waals surface area (Å²) < 4.78 is 5.19. The quantitative estimate of drug-likeness (QED) is 0.827. The number of carbonyl (C=O) groups is 1. The van der Waals surface area contributed by atoms with Gasteiger partial charge in [0.25, 0.3) is 0 Å². The number of aromatic hydroxyl groups is 1. The Morgan fingerprint density at radius 3 is 2.59 bits per heavy atom. The molecule has 0 heterocycles. The van der Waals surface area contributed by atoms with Gasteiger partial charge in [-0.2, -0.15) is 0 Å². The molecule has 0 aliphatic carbocycles. The lowest BCUT2D eigenvalue weighted by Crippen LogP contribution is -2.04. The standard InChI is InChI=1S/C13H18O4/c1-4-5-6-9-10(17-3)7-8(2)11(12(9)14)13(15)16/h7,14H,4-6H2,1-3H3,(H,15,16). The predicted octanol–water partition coefficient (Wildman–Crippen LogP) is 2.75. The summed E-state index contributed by atoms with van der Waals surface area (Å²) in [5.41, 5.74) is 1.06. The highest BCUT2D eigenvalue weighted by Gasteiger charge is 2.20. The molecule has 0 spiro atoms. The molecule has 0 atom stereocenters. The maximum absolute atomic E-state index is 11.1. The van der Waals surface area contributed by atoms with Crippen LogP contribution in [0.1, 0.15) is 41.3 Å². The molecule has 1 aromatic rings. The molecule has 0 amide bonds. The van der Waals surface area contributed by atoms with Crippen LogP contribution < -0.4 is 4.74 Å². The zero-order chi connectivity index (χ0) is 13.0. The first-order valence-corrected chi connectivity index (χ1v) is 5.65. The summed E-state index contributed by atoms with van der Waals surface area (Å²) in [5, 5.41) is 19.1. The van der Waals surface area contributed by atoms with Crippen LogP contribution in [0.25, 0.3) is 0 Å². The molecular weight excluding hydrogens is 220 g/mol. The minimum atomic E-state index is -1.11. The summed E-state index contributed by atoms with van der Waals surface area (Å²) in [4.78, 5) is 11.1. The normalized spacial score (nSPS) is 10.3. The van der Waals surface area contributed by atoms with E-state index >= 15 is 0 Å². The van der Waals surface area contributed by atoms with Crippen molar-refractivity contribution in [1.82, 2.24) is 0 Å². The molecule has 0 aliphatic heterocycles. The average Bonchev–Trinajstić information content (AvgIpc) is 2.26. The third kappa shape index (κ3) is 2.70. The number of carboxylic acids is 1. The van der Waals surface area contributed by atoms with Crippen LogP contribution in [0.3, 0.4) is 0 Å². The molecular formula is C13H18O4. The Kier molecular flexibility index (Phi) is 4.37. The predicted molar refractivity (Wildman–Crippen MR) is 65.0 cm³/mol. The molecule has 1 aromatic carbocycles. The first-order valence-electron chi connectivity index (χ1n) is 5.65. The van der Waals surface area contributed by atoms with Crippen molar-refractivity contribution in [2.75, 3.05) is 7.11 Å². The molecule has 0 saturated carbocycles. The van der Waals surface area contributed by atoms with Crippen molar-refractivity contribution in [2.24, 2.45) is 0 Å². The van der Waals surface area contributed by atoms with Crippen LogP contribution in [-0.2, 0) is 6.42 Å². The fourth-order valence-corrected chi connectivity index (χ4v) is 1.86. The van der Waals surface area contributed by atoms with E-state index in [0.29, 0.717) is 23.3 Å². The van der Waals surface area contributed by atoms with Gasteiger partial charge in [0.15, 0.2) is 0 Å². The van der Waals surface area contributed by atoms with Gasteiger partial charge in [0, 0.05) is 5.56 Å². The van der Waals surface area contributed by atoms with Gasteiger partial charge in [0.1, 0.15) is 17.1 Å². The lowest BCUT2D eigenvalue weighted by atomic mass is 9.98. The first-order chi connectivity index (χ1) is 8.02. The third-order valence-corrected chi connectivity index (χ3v) is 2.78. The Balaban J connectivity index is 3.33. The molecule has 94 valence electrons. The molecule has 0 bridgehead atoms. The number of phenols is 1. The molecule has 0 aromatic heterocycles. The zero-order valence-corrected chi connectivity index (χ0v) is 10.4. The van der Waals surface area contributed by atoms with Gasteiger partial charge < -0.3 is 14.9 Å². The van der Waals surface area contributed by atoms with Crippen molar-refractivity contribution in [2.45, 2.75) is 33.1 Å². The monoisotopic (exact) mass is 238 g/mol. The SMILES string of the molecule is CCCCc1c(OC)cc(C)c(C(=O)O)c1O. The van der Waals surface area contributed by atoms with Crippen LogP contribution in [0, 0.1) is 6.92 Å². The second kappa shape index (κ2) is 5.57. The van der Waals surface area contributed by atoms with Gasteiger partial charge in [-0.05, 0) is 31.4 Å². The van der Waals surface area contributed by atoms with Gasteiger partial charge in [-0.1, -0.05) is 13.3 Å². The minimum absolute atomic E-state index is 0.0306. The topological polar surface area (TPSA) is 66.8 Å². The van der Waals surface area contributed by atoms with Crippen molar-refractivity contribution >= 4 is 5.97 Å². The van der Waals surface area contributed by atoms with Crippen LogP contribution in [-0.4, -0.2) is 23.3 Å². The number of benzene rings is 1. The average molecular weight is 238 g/mol. The molecule has 4 heteroatoms. The highest BCUT2D eigenvalue weighted by atomic mass is 16.5. The van der Waals surface area contributed by atoms with E-state index < -0.39 is 5.97 Å². The summed E-state index contributed by atoms with van der Waals surface area (Å²) in [7, 11) is 1.52. The van der Waals surface area contributed by atoms with Crippen molar-refractivity contribution < 1.29 is 19.7 Å². The lowest BCUT2D eigenvalue weighted by molar-refractivity contribution is 0.0692. The van der Waals surface area contributed by atoms with E-state index in [1.807, 2.05) is 6.92 Å².